The van der Waals surface area contributed by atoms with Gasteiger partial charge in [0.25, 0.3) is 5.91 Å². The van der Waals surface area contributed by atoms with E-state index in [9.17, 15) is 9.35 Å². The molecule has 1 aromatic heterocycles. The van der Waals surface area contributed by atoms with Crippen LogP contribution in [-0.2, 0) is 16.6 Å². The van der Waals surface area contributed by atoms with Crippen LogP contribution < -0.4 is 5.73 Å². The number of rotatable bonds is 2. The van der Waals surface area contributed by atoms with Crippen molar-refractivity contribution in [2.45, 2.75) is 31.1 Å². The Bertz CT molecular complexity index is 411. The first-order valence-corrected chi connectivity index (χ1v) is 6.35. The number of carbonyl (C=O) groups is 1. The highest BCUT2D eigenvalue weighted by molar-refractivity contribution is 7.90. The summed E-state index contributed by atoms with van der Waals surface area (Å²) >= 11 is -1.22. The first-order chi connectivity index (χ1) is 7.23. The zero-order valence-corrected chi connectivity index (χ0v) is 10.6. The molecule has 0 bridgehead atoms. The van der Waals surface area contributed by atoms with Gasteiger partial charge in [-0.1, -0.05) is 20.8 Å². The van der Waals surface area contributed by atoms with Gasteiger partial charge in [-0.2, -0.15) is 0 Å². The predicted molar refractivity (Wildman–Crippen MR) is 62.6 cm³/mol. The highest BCUT2D eigenvalue weighted by Crippen LogP contribution is 2.24. The van der Waals surface area contributed by atoms with Gasteiger partial charge in [-0.05, 0) is 11.2 Å². The Morgan fingerprint density at radius 3 is 2.50 bits per heavy atom. The maximum absolute atomic E-state index is 11.3. The van der Waals surface area contributed by atoms with E-state index >= 15 is 0 Å². The summed E-state index contributed by atoms with van der Waals surface area (Å²) in [6.07, 6.45) is 2.98. The van der Waals surface area contributed by atoms with Gasteiger partial charge in [0.1, 0.15) is 6.26 Å². The Kier molecular flexibility index (Phi) is 3.60. The number of nitrogens with two attached hydrogens (primary N) is 1. The van der Waals surface area contributed by atoms with Crippen molar-refractivity contribution in [1.82, 2.24) is 4.98 Å². The molecule has 1 atom stereocenters. The summed E-state index contributed by atoms with van der Waals surface area (Å²) < 4.78 is 11.3. The monoisotopic (exact) mass is 239 g/mol. The number of amides is 1. The van der Waals surface area contributed by atoms with Gasteiger partial charge in [-0.3, -0.25) is 9.78 Å². The summed E-state index contributed by atoms with van der Waals surface area (Å²) in [4.78, 5) is 15.9. The van der Waals surface area contributed by atoms with E-state index in [-0.39, 0.29) is 11.0 Å². The third kappa shape index (κ3) is 2.74. The Labute approximate surface area is 98.4 Å². The summed E-state index contributed by atoms with van der Waals surface area (Å²) in [5, 5.41) is 0. The topological polar surface area (TPSA) is 79.0 Å². The van der Waals surface area contributed by atoms with Crippen molar-refractivity contribution in [2.75, 3.05) is 6.26 Å². The van der Waals surface area contributed by atoms with E-state index in [4.69, 9.17) is 5.73 Å². The molecule has 1 aromatic rings. The predicted octanol–water partition coefficient (Wildman–Crippen LogP) is 1.02. The summed E-state index contributed by atoms with van der Waals surface area (Å²) in [5.41, 5.74) is 5.77. The van der Waals surface area contributed by atoms with E-state index in [1.54, 1.807) is 0 Å². The number of carbonyl (C=O) groups excluding carboxylic acids is 1. The van der Waals surface area contributed by atoms with Gasteiger partial charge < -0.3 is 10.3 Å². The van der Waals surface area contributed by atoms with Crippen LogP contribution in [0.3, 0.4) is 0 Å². The number of nitrogens with zero attached hydrogens (tertiary/aromatic N) is 1. The number of aromatic nitrogens is 1. The van der Waals surface area contributed by atoms with Gasteiger partial charge in [0, 0.05) is 5.41 Å². The molecule has 87 valence electrons. The van der Waals surface area contributed by atoms with Crippen LogP contribution in [-0.4, -0.2) is 21.7 Å². The fraction of sp³-hybridized carbons (Fsp3) is 0.455. The van der Waals surface area contributed by atoms with Crippen LogP contribution in [0.2, 0.25) is 0 Å². The number of pyridine rings is 1. The van der Waals surface area contributed by atoms with Crippen LogP contribution in [0.4, 0.5) is 0 Å². The lowest BCUT2D eigenvalue weighted by molar-refractivity contribution is 0.0997. The van der Waals surface area contributed by atoms with E-state index in [2.05, 4.69) is 11.1 Å². The summed E-state index contributed by atoms with van der Waals surface area (Å²) in [7, 11) is 0. The van der Waals surface area contributed by atoms with Crippen molar-refractivity contribution in [1.29, 1.82) is 0 Å². The fourth-order valence-corrected chi connectivity index (χ4v) is 1.74. The second kappa shape index (κ2) is 4.43. The lowest BCUT2D eigenvalue weighted by Gasteiger charge is -2.20. The molecule has 1 amide bonds. The third-order valence-corrected chi connectivity index (χ3v) is 2.89. The van der Waals surface area contributed by atoms with Crippen molar-refractivity contribution in [3.63, 3.8) is 0 Å². The van der Waals surface area contributed by atoms with Crippen LogP contribution in [0.25, 0.3) is 0 Å². The Morgan fingerprint density at radius 1 is 1.56 bits per heavy atom. The van der Waals surface area contributed by atoms with Gasteiger partial charge >= 0.3 is 0 Å². The molecule has 0 saturated carbocycles. The largest absolute Gasteiger partial charge is 0.612 e. The molecular weight excluding hydrogens is 224 g/mol. The van der Waals surface area contributed by atoms with Crippen LogP contribution in [0.5, 0.6) is 0 Å². The second-order valence-electron chi connectivity index (χ2n) is 4.54. The quantitative estimate of drug-likeness (QED) is 0.782. The average molecular weight is 239 g/mol. The molecule has 2 N–H and O–H groups in total. The fourth-order valence-electron chi connectivity index (χ4n) is 1.30. The lowest BCUT2D eigenvalue weighted by atomic mass is 9.88. The van der Waals surface area contributed by atoms with E-state index in [1.807, 2.05) is 20.8 Å². The van der Waals surface area contributed by atoms with E-state index < -0.39 is 17.1 Å². The number of primary amides is 1. The summed E-state index contributed by atoms with van der Waals surface area (Å²) in [5.74, 6) is -0.593. The molecule has 1 unspecified atom stereocenters. The first kappa shape index (κ1) is 13.0. The van der Waals surface area contributed by atoms with E-state index in [1.165, 1.54) is 12.5 Å². The molecule has 1 rings (SSSR count). The molecule has 4 nitrogen and oxygen atoms in total. The van der Waals surface area contributed by atoms with Gasteiger partial charge in [0.2, 0.25) is 0 Å². The summed E-state index contributed by atoms with van der Waals surface area (Å²) in [6.45, 7) is 5.79. The van der Waals surface area contributed by atoms with Gasteiger partial charge in [0.15, 0.2) is 4.90 Å². The molecule has 0 aliphatic heterocycles. The molecule has 5 heteroatoms. The molecule has 0 aliphatic carbocycles. The third-order valence-electron chi connectivity index (χ3n) is 2.06. The molecule has 1 radical (unpaired) electrons. The average Bonchev–Trinajstić information content (AvgIpc) is 2.15. The molecule has 0 aromatic carbocycles. The maximum atomic E-state index is 11.3. The van der Waals surface area contributed by atoms with E-state index in [0.717, 1.165) is 0 Å². The minimum Gasteiger partial charge on any atom is -0.612 e. The van der Waals surface area contributed by atoms with Gasteiger partial charge in [-0.25, -0.2) is 0 Å². The van der Waals surface area contributed by atoms with E-state index in [0.29, 0.717) is 10.6 Å². The van der Waals surface area contributed by atoms with Gasteiger partial charge in [-0.15, -0.1) is 0 Å². The first-order valence-electron chi connectivity index (χ1n) is 4.79. The molecule has 0 fully saturated rings. The van der Waals surface area contributed by atoms with Crippen molar-refractivity contribution < 1.29 is 9.35 Å². The van der Waals surface area contributed by atoms with Crippen molar-refractivity contribution in [3.8, 4) is 0 Å². The van der Waals surface area contributed by atoms with Crippen LogP contribution in [0, 0.1) is 6.07 Å². The minimum absolute atomic E-state index is 0.222. The molecular formula is C11H15N2O2S. The van der Waals surface area contributed by atoms with Gasteiger partial charge in [0.05, 0.1) is 23.5 Å². The van der Waals surface area contributed by atoms with Crippen LogP contribution in [0.1, 0.15) is 36.8 Å². The van der Waals surface area contributed by atoms with Crippen molar-refractivity contribution in [3.05, 3.63) is 23.5 Å². The SMILES string of the molecule is C[S+]([O-])c1[c]c(C(N)=O)c(C(C)(C)C)nc1. The Morgan fingerprint density at radius 2 is 2.12 bits per heavy atom. The Hall–Kier alpha value is -1.07. The molecule has 0 aliphatic rings. The van der Waals surface area contributed by atoms with Crippen molar-refractivity contribution >= 4 is 17.1 Å². The number of hydrogen-bond donors (Lipinski definition) is 1. The van der Waals surface area contributed by atoms with Crippen LogP contribution in [0.15, 0.2) is 11.1 Å². The highest BCUT2D eigenvalue weighted by atomic mass is 32.2. The lowest BCUT2D eigenvalue weighted by Crippen LogP contribution is -2.23. The zero-order chi connectivity index (χ0) is 12.5. The molecule has 0 spiro atoms. The highest BCUT2D eigenvalue weighted by Gasteiger charge is 2.24. The standard InChI is InChI=1S/C11H15N2O2S/c1-11(2,3)9-8(10(12)14)5-7(6-13-9)16(4)15/h6H,1-4H3,(H2,12,14). The smallest absolute Gasteiger partial charge is 0.251 e. The maximum Gasteiger partial charge on any atom is 0.251 e. The molecule has 0 saturated heterocycles. The van der Waals surface area contributed by atoms with Crippen molar-refractivity contribution in [2.24, 2.45) is 5.73 Å². The minimum atomic E-state index is -1.22. The van der Waals surface area contributed by atoms with Crippen LogP contribution >= 0.6 is 0 Å². The summed E-state index contributed by atoms with van der Waals surface area (Å²) in [6, 6.07) is 2.78. The second-order valence-corrected chi connectivity index (χ2v) is 5.89. The zero-order valence-electron chi connectivity index (χ0n) is 9.83. The number of hydrogen-bond acceptors (Lipinski definition) is 3. The molecule has 16 heavy (non-hydrogen) atoms. The normalized spacial score (nSPS) is 13.6. The molecule has 1 heterocycles. The Balaban J connectivity index is 3.37.